The first kappa shape index (κ1) is 13.9. The van der Waals surface area contributed by atoms with Crippen LogP contribution in [0.1, 0.15) is 31.9 Å². The molecule has 4 heteroatoms. The van der Waals surface area contributed by atoms with E-state index in [2.05, 4.69) is 4.90 Å². The van der Waals surface area contributed by atoms with Crippen molar-refractivity contribution in [2.24, 2.45) is 0 Å². The van der Waals surface area contributed by atoms with Crippen LogP contribution in [0.3, 0.4) is 0 Å². The fourth-order valence-corrected chi connectivity index (χ4v) is 1.97. The first-order chi connectivity index (χ1) is 7.77. The zero-order valence-corrected chi connectivity index (χ0v) is 10.6. The maximum absolute atomic E-state index is 12.5. The predicted octanol–water partition coefficient (Wildman–Crippen LogP) is 4.25. The molecule has 0 saturated carbocycles. The first-order valence-corrected chi connectivity index (χ1v) is 5.71. The third kappa shape index (κ3) is 3.14. The topological polar surface area (TPSA) is 3.24 Å². The summed E-state index contributed by atoms with van der Waals surface area (Å²) in [7, 11) is 0. The van der Waals surface area contributed by atoms with Crippen molar-refractivity contribution in [3.8, 4) is 0 Å². The van der Waals surface area contributed by atoms with Crippen LogP contribution in [-0.2, 0) is 6.18 Å². The van der Waals surface area contributed by atoms with Gasteiger partial charge in [-0.25, -0.2) is 0 Å². The van der Waals surface area contributed by atoms with Crippen molar-refractivity contribution in [3.05, 3.63) is 29.3 Å². The molecule has 0 amide bonds. The molecule has 0 spiro atoms. The summed E-state index contributed by atoms with van der Waals surface area (Å²) in [5.41, 5.74) is 0.949. The van der Waals surface area contributed by atoms with Crippen LogP contribution in [-0.4, -0.2) is 12.6 Å². The molecule has 1 aromatic carbocycles. The Bertz CT molecular complexity index is 383. The van der Waals surface area contributed by atoms with Crippen LogP contribution < -0.4 is 4.90 Å². The molecule has 0 heterocycles. The quantitative estimate of drug-likeness (QED) is 0.769. The van der Waals surface area contributed by atoms with Crippen molar-refractivity contribution < 1.29 is 13.2 Å². The van der Waals surface area contributed by atoms with Gasteiger partial charge < -0.3 is 4.90 Å². The maximum atomic E-state index is 12.5. The molecule has 0 atom stereocenters. The van der Waals surface area contributed by atoms with E-state index in [0.717, 1.165) is 18.3 Å². The Morgan fingerprint density at radius 1 is 1.24 bits per heavy atom. The van der Waals surface area contributed by atoms with E-state index in [1.165, 1.54) is 6.07 Å². The highest BCUT2D eigenvalue weighted by Crippen LogP contribution is 2.32. The van der Waals surface area contributed by atoms with E-state index in [4.69, 9.17) is 0 Å². The zero-order chi connectivity index (χ0) is 13.2. The minimum atomic E-state index is -4.27. The van der Waals surface area contributed by atoms with Crippen LogP contribution in [0.15, 0.2) is 18.2 Å². The van der Waals surface area contributed by atoms with Crippen LogP contribution in [0.4, 0.5) is 18.9 Å². The fraction of sp³-hybridized carbons (Fsp3) is 0.538. The zero-order valence-electron chi connectivity index (χ0n) is 10.6. The van der Waals surface area contributed by atoms with Crippen LogP contribution in [0.5, 0.6) is 0 Å². The summed E-state index contributed by atoms with van der Waals surface area (Å²) in [6.45, 7) is 8.55. The third-order valence-corrected chi connectivity index (χ3v) is 2.80. The van der Waals surface area contributed by atoms with Crippen molar-refractivity contribution >= 4 is 5.69 Å². The van der Waals surface area contributed by atoms with E-state index < -0.39 is 11.7 Å². The number of hydrogen-bond donors (Lipinski definition) is 0. The molecule has 96 valence electrons. The van der Waals surface area contributed by atoms with Crippen molar-refractivity contribution in [2.45, 2.75) is 39.9 Å². The van der Waals surface area contributed by atoms with Gasteiger partial charge in [-0.3, -0.25) is 0 Å². The van der Waals surface area contributed by atoms with Gasteiger partial charge in [0.05, 0.1) is 5.56 Å². The van der Waals surface area contributed by atoms with E-state index in [9.17, 15) is 13.2 Å². The average Bonchev–Trinajstić information content (AvgIpc) is 2.19. The Kier molecular flexibility index (Phi) is 4.07. The van der Waals surface area contributed by atoms with Gasteiger partial charge in [0.15, 0.2) is 0 Å². The number of rotatable bonds is 3. The van der Waals surface area contributed by atoms with Gasteiger partial charge in [-0.05, 0) is 51.5 Å². The van der Waals surface area contributed by atoms with Crippen molar-refractivity contribution in [3.63, 3.8) is 0 Å². The second kappa shape index (κ2) is 4.98. The summed E-state index contributed by atoms with van der Waals surface area (Å²) in [6.07, 6.45) is -4.27. The largest absolute Gasteiger partial charge is 0.416 e. The van der Waals surface area contributed by atoms with Gasteiger partial charge in [-0.1, -0.05) is 0 Å². The molecule has 0 radical (unpaired) electrons. The molecule has 1 aromatic rings. The van der Waals surface area contributed by atoms with Gasteiger partial charge in [0, 0.05) is 18.3 Å². The third-order valence-electron chi connectivity index (χ3n) is 2.80. The Labute approximate surface area is 100 Å². The monoisotopic (exact) mass is 245 g/mol. The van der Waals surface area contributed by atoms with E-state index in [-0.39, 0.29) is 6.04 Å². The molecule has 1 rings (SSSR count). The fourth-order valence-electron chi connectivity index (χ4n) is 1.97. The van der Waals surface area contributed by atoms with Crippen molar-refractivity contribution in [2.75, 3.05) is 11.4 Å². The van der Waals surface area contributed by atoms with Crippen LogP contribution in [0.25, 0.3) is 0 Å². The maximum Gasteiger partial charge on any atom is 0.416 e. The van der Waals surface area contributed by atoms with E-state index in [0.29, 0.717) is 5.56 Å². The number of hydrogen-bond acceptors (Lipinski definition) is 1. The Hall–Kier alpha value is -1.19. The summed E-state index contributed by atoms with van der Waals surface area (Å²) < 4.78 is 37.6. The lowest BCUT2D eigenvalue weighted by Crippen LogP contribution is -2.31. The molecule has 17 heavy (non-hydrogen) atoms. The van der Waals surface area contributed by atoms with Crippen molar-refractivity contribution in [1.82, 2.24) is 0 Å². The molecular formula is C13H18F3N. The van der Waals surface area contributed by atoms with E-state index in [1.54, 1.807) is 13.0 Å². The number of alkyl halides is 3. The smallest absolute Gasteiger partial charge is 0.369 e. The summed E-state index contributed by atoms with van der Waals surface area (Å²) in [5, 5.41) is 0. The summed E-state index contributed by atoms with van der Waals surface area (Å²) in [4.78, 5) is 2.08. The number of halogens is 3. The van der Waals surface area contributed by atoms with E-state index >= 15 is 0 Å². The summed E-state index contributed by atoms with van der Waals surface area (Å²) in [6, 6.07) is 4.19. The number of anilines is 1. The molecule has 0 aliphatic heterocycles. The predicted molar refractivity (Wildman–Crippen MR) is 64.3 cm³/mol. The first-order valence-electron chi connectivity index (χ1n) is 5.71. The normalized spacial score (nSPS) is 12.0. The highest BCUT2D eigenvalue weighted by Gasteiger charge is 2.30. The second-order valence-electron chi connectivity index (χ2n) is 4.38. The second-order valence-corrected chi connectivity index (χ2v) is 4.38. The van der Waals surface area contributed by atoms with Gasteiger partial charge in [-0.2, -0.15) is 13.2 Å². The lowest BCUT2D eigenvalue weighted by molar-refractivity contribution is -0.137. The van der Waals surface area contributed by atoms with Gasteiger partial charge in [0.2, 0.25) is 0 Å². The molecule has 0 aromatic heterocycles. The Morgan fingerprint density at radius 2 is 1.82 bits per heavy atom. The minimum Gasteiger partial charge on any atom is -0.369 e. The van der Waals surface area contributed by atoms with Gasteiger partial charge >= 0.3 is 6.18 Å². The van der Waals surface area contributed by atoms with Gasteiger partial charge in [-0.15, -0.1) is 0 Å². The molecule has 0 aliphatic carbocycles. The van der Waals surface area contributed by atoms with Crippen LogP contribution >= 0.6 is 0 Å². The number of benzene rings is 1. The SMILES string of the molecule is CCN(c1ccc(C(F)(F)F)cc1C)C(C)C. The van der Waals surface area contributed by atoms with E-state index in [1.807, 2.05) is 20.8 Å². The average molecular weight is 245 g/mol. The lowest BCUT2D eigenvalue weighted by Gasteiger charge is -2.29. The van der Waals surface area contributed by atoms with Gasteiger partial charge in [0.25, 0.3) is 0 Å². The molecular weight excluding hydrogens is 227 g/mol. The standard InChI is InChI=1S/C13H18F3N/c1-5-17(9(2)3)12-7-6-11(8-10(12)4)13(14,15)16/h6-9H,5H2,1-4H3. The molecule has 0 N–H and O–H groups in total. The van der Waals surface area contributed by atoms with Crippen LogP contribution in [0, 0.1) is 6.92 Å². The molecule has 1 nitrogen and oxygen atoms in total. The molecule has 0 unspecified atom stereocenters. The Morgan fingerprint density at radius 3 is 2.18 bits per heavy atom. The minimum absolute atomic E-state index is 0.274. The molecule has 0 bridgehead atoms. The summed E-state index contributed by atoms with van der Waals surface area (Å²) >= 11 is 0. The summed E-state index contributed by atoms with van der Waals surface area (Å²) in [5.74, 6) is 0. The molecule has 0 saturated heterocycles. The van der Waals surface area contributed by atoms with Crippen LogP contribution in [0.2, 0.25) is 0 Å². The van der Waals surface area contributed by atoms with Crippen molar-refractivity contribution in [1.29, 1.82) is 0 Å². The number of aryl methyl sites for hydroxylation is 1. The lowest BCUT2D eigenvalue weighted by atomic mass is 10.1. The Balaban J connectivity index is 3.13. The molecule has 0 fully saturated rings. The highest BCUT2D eigenvalue weighted by molar-refractivity contribution is 5.55. The number of nitrogens with zero attached hydrogens (tertiary/aromatic N) is 1. The van der Waals surface area contributed by atoms with Gasteiger partial charge in [0.1, 0.15) is 0 Å². The highest BCUT2D eigenvalue weighted by atomic mass is 19.4. The molecule has 0 aliphatic rings.